The molecule has 0 bridgehead atoms. The van der Waals surface area contributed by atoms with E-state index in [0.717, 1.165) is 31.5 Å². The van der Waals surface area contributed by atoms with Crippen LogP contribution in [-0.4, -0.2) is 29.6 Å². The fraction of sp³-hybridized carbons (Fsp3) is 0.667. The lowest BCUT2D eigenvalue weighted by molar-refractivity contribution is 0.209. The molecule has 18 heavy (non-hydrogen) atoms. The zero-order chi connectivity index (χ0) is 13.1. The SMILES string of the molecule is CC(C)Cc1cccn([C@H]2CCCN(C)C2)c1=O. The number of likely N-dealkylation sites (tertiary alicyclic amines) is 1. The summed E-state index contributed by atoms with van der Waals surface area (Å²) in [4.78, 5) is 14.8. The van der Waals surface area contributed by atoms with Crippen molar-refractivity contribution < 1.29 is 0 Å². The molecule has 2 rings (SSSR count). The number of pyridine rings is 1. The Morgan fingerprint density at radius 3 is 2.89 bits per heavy atom. The summed E-state index contributed by atoms with van der Waals surface area (Å²) in [6, 6.07) is 4.35. The molecule has 0 aliphatic carbocycles. The third kappa shape index (κ3) is 3.02. The van der Waals surface area contributed by atoms with Gasteiger partial charge in [0.25, 0.3) is 5.56 Å². The van der Waals surface area contributed by atoms with Crippen LogP contribution in [0.4, 0.5) is 0 Å². The first-order valence-corrected chi connectivity index (χ1v) is 6.96. The van der Waals surface area contributed by atoms with Crippen LogP contribution in [-0.2, 0) is 6.42 Å². The van der Waals surface area contributed by atoms with Gasteiger partial charge < -0.3 is 9.47 Å². The zero-order valence-corrected chi connectivity index (χ0v) is 11.7. The van der Waals surface area contributed by atoms with E-state index in [1.165, 1.54) is 6.42 Å². The topological polar surface area (TPSA) is 25.2 Å². The van der Waals surface area contributed by atoms with Crippen LogP contribution < -0.4 is 5.56 Å². The van der Waals surface area contributed by atoms with E-state index in [-0.39, 0.29) is 5.56 Å². The van der Waals surface area contributed by atoms with E-state index in [4.69, 9.17) is 0 Å². The van der Waals surface area contributed by atoms with Gasteiger partial charge in [-0.25, -0.2) is 0 Å². The summed E-state index contributed by atoms with van der Waals surface area (Å²) in [5, 5.41) is 0. The molecule has 0 spiro atoms. The summed E-state index contributed by atoms with van der Waals surface area (Å²) in [5.41, 5.74) is 1.17. The van der Waals surface area contributed by atoms with Crippen LogP contribution in [0.5, 0.6) is 0 Å². The van der Waals surface area contributed by atoms with Gasteiger partial charge in [0, 0.05) is 24.3 Å². The monoisotopic (exact) mass is 248 g/mol. The molecule has 1 fully saturated rings. The molecule has 1 saturated heterocycles. The van der Waals surface area contributed by atoms with Crippen LogP contribution in [0.3, 0.4) is 0 Å². The molecule has 0 saturated carbocycles. The number of aromatic nitrogens is 1. The molecule has 0 aromatic carbocycles. The molecule has 100 valence electrons. The number of hydrogen-bond donors (Lipinski definition) is 0. The predicted molar refractivity (Wildman–Crippen MR) is 75.0 cm³/mol. The van der Waals surface area contributed by atoms with Crippen LogP contribution in [0.2, 0.25) is 0 Å². The molecule has 0 unspecified atom stereocenters. The van der Waals surface area contributed by atoms with Gasteiger partial charge in [0.05, 0.1) is 0 Å². The molecule has 1 atom stereocenters. The van der Waals surface area contributed by atoms with E-state index in [1.807, 2.05) is 22.9 Å². The lowest BCUT2D eigenvalue weighted by Crippen LogP contribution is -2.38. The Kier molecular flexibility index (Phi) is 4.23. The average Bonchev–Trinajstić information content (AvgIpc) is 2.31. The Bertz CT molecular complexity index is 450. The van der Waals surface area contributed by atoms with Gasteiger partial charge in [-0.3, -0.25) is 4.79 Å². The van der Waals surface area contributed by atoms with E-state index in [9.17, 15) is 4.79 Å². The van der Waals surface area contributed by atoms with Gasteiger partial charge in [0.15, 0.2) is 0 Å². The quantitative estimate of drug-likeness (QED) is 0.820. The molecule has 1 aromatic rings. The zero-order valence-electron chi connectivity index (χ0n) is 11.7. The van der Waals surface area contributed by atoms with Gasteiger partial charge in [-0.1, -0.05) is 19.9 Å². The van der Waals surface area contributed by atoms with Crippen LogP contribution in [0.1, 0.15) is 38.3 Å². The van der Waals surface area contributed by atoms with Crippen molar-refractivity contribution >= 4 is 0 Å². The second-order valence-electron chi connectivity index (χ2n) is 5.90. The van der Waals surface area contributed by atoms with Crippen molar-refractivity contribution in [1.29, 1.82) is 0 Å². The summed E-state index contributed by atoms with van der Waals surface area (Å²) in [5.74, 6) is 0.530. The highest BCUT2D eigenvalue weighted by Gasteiger charge is 2.20. The van der Waals surface area contributed by atoms with E-state index in [1.54, 1.807) is 0 Å². The van der Waals surface area contributed by atoms with Crippen molar-refractivity contribution in [3.63, 3.8) is 0 Å². The average molecular weight is 248 g/mol. The van der Waals surface area contributed by atoms with Crippen molar-refractivity contribution in [2.75, 3.05) is 20.1 Å². The Balaban J connectivity index is 2.25. The first-order valence-electron chi connectivity index (χ1n) is 6.96. The van der Waals surface area contributed by atoms with Crippen LogP contribution in [0.15, 0.2) is 23.1 Å². The Labute approximate surface area is 109 Å². The molecule has 0 amide bonds. The number of piperidine rings is 1. The van der Waals surface area contributed by atoms with Crippen molar-refractivity contribution in [2.45, 2.75) is 39.2 Å². The Morgan fingerprint density at radius 1 is 1.44 bits per heavy atom. The maximum Gasteiger partial charge on any atom is 0.254 e. The van der Waals surface area contributed by atoms with Crippen molar-refractivity contribution in [1.82, 2.24) is 9.47 Å². The summed E-state index contributed by atoms with van der Waals surface area (Å²) in [7, 11) is 2.13. The highest BCUT2D eigenvalue weighted by atomic mass is 16.1. The molecule has 0 N–H and O–H groups in total. The summed E-state index contributed by atoms with van der Waals surface area (Å²) in [6.45, 7) is 6.46. The van der Waals surface area contributed by atoms with Crippen molar-refractivity contribution in [3.8, 4) is 0 Å². The molecule has 0 radical (unpaired) electrons. The molecular weight excluding hydrogens is 224 g/mol. The van der Waals surface area contributed by atoms with Crippen molar-refractivity contribution in [2.24, 2.45) is 5.92 Å². The molecule has 2 heterocycles. The third-order valence-corrected chi connectivity index (χ3v) is 3.67. The molecule has 1 aromatic heterocycles. The molecule has 1 aliphatic heterocycles. The number of nitrogens with zero attached hydrogens (tertiary/aromatic N) is 2. The van der Waals surface area contributed by atoms with Gasteiger partial charge in [-0.2, -0.15) is 0 Å². The minimum atomic E-state index is 0.214. The molecule has 3 nitrogen and oxygen atoms in total. The fourth-order valence-electron chi connectivity index (χ4n) is 2.81. The van der Waals surface area contributed by atoms with Gasteiger partial charge >= 0.3 is 0 Å². The van der Waals surface area contributed by atoms with Gasteiger partial charge in [0.2, 0.25) is 0 Å². The van der Waals surface area contributed by atoms with Gasteiger partial charge in [-0.15, -0.1) is 0 Å². The molecular formula is C15H24N2O. The van der Waals surface area contributed by atoms with Crippen molar-refractivity contribution in [3.05, 3.63) is 34.2 Å². The predicted octanol–water partition coefficient (Wildman–Crippen LogP) is 2.31. The van der Waals surface area contributed by atoms with Gasteiger partial charge in [-0.05, 0) is 44.8 Å². The maximum atomic E-state index is 12.5. The van der Waals surface area contributed by atoms with Crippen LogP contribution in [0, 0.1) is 5.92 Å². The van der Waals surface area contributed by atoms with E-state index in [2.05, 4.69) is 25.8 Å². The number of hydrogen-bond acceptors (Lipinski definition) is 2. The standard InChI is InChI=1S/C15H24N2O/c1-12(2)10-13-6-4-9-17(15(13)18)14-7-5-8-16(3)11-14/h4,6,9,12,14H,5,7-8,10-11H2,1-3H3/t14-/m0/s1. The van der Waals surface area contributed by atoms with E-state index in [0.29, 0.717) is 12.0 Å². The smallest absolute Gasteiger partial charge is 0.254 e. The summed E-state index contributed by atoms with van der Waals surface area (Å²) in [6.07, 6.45) is 5.13. The first-order chi connectivity index (χ1) is 8.58. The highest BCUT2D eigenvalue weighted by molar-refractivity contribution is 5.12. The summed E-state index contributed by atoms with van der Waals surface area (Å²) >= 11 is 0. The fourth-order valence-corrected chi connectivity index (χ4v) is 2.81. The first kappa shape index (κ1) is 13.3. The summed E-state index contributed by atoms with van der Waals surface area (Å²) < 4.78 is 1.95. The highest BCUT2D eigenvalue weighted by Crippen LogP contribution is 2.19. The minimum absolute atomic E-state index is 0.214. The Morgan fingerprint density at radius 2 is 2.22 bits per heavy atom. The van der Waals surface area contributed by atoms with Crippen LogP contribution >= 0.6 is 0 Å². The van der Waals surface area contributed by atoms with Gasteiger partial charge in [0.1, 0.15) is 0 Å². The second-order valence-corrected chi connectivity index (χ2v) is 5.90. The Hall–Kier alpha value is -1.09. The second kappa shape index (κ2) is 5.70. The van der Waals surface area contributed by atoms with E-state index < -0.39 is 0 Å². The molecule has 1 aliphatic rings. The lowest BCUT2D eigenvalue weighted by atomic mass is 10.0. The lowest BCUT2D eigenvalue weighted by Gasteiger charge is -2.31. The third-order valence-electron chi connectivity index (χ3n) is 3.67. The van der Waals surface area contributed by atoms with Crippen LogP contribution in [0.25, 0.3) is 0 Å². The number of rotatable bonds is 3. The maximum absolute atomic E-state index is 12.5. The minimum Gasteiger partial charge on any atom is -0.311 e. The normalized spacial score (nSPS) is 21.4. The molecule has 3 heteroatoms. The van der Waals surface area contributed by atoms with E-state index >= 15 is 0 Å². The largest absolute Gasteiger partial charge is 0.311 e. The number of likely N-dealkylation sites (N-methyl/N-ethyl adjacent to an activating group) is 1.